The van der Waals surface area contributed by atoms with Crippen molar-refractivity contribution in [3.8, 4) is 0 Å². The highest BCUT2D eigenvalue weighted by Gasteiger charge is 2.47. The number of amides is 5. The van der Waals surface area contributed by atoms with Crippen LogP contribution in [0.2, 0.25) is 0 Å². The molecule has 5 N–H and O–H groups in total. The van der Waals surface area contributed by atoms with Crippen molar-refractivity contribution in [1.82, 2.24) is 10.6 Å². The molecule has 1 aromatic rings. The van der Waals surface area contributed by atoms with Crippen LogP contribution in [0.5, 0.6) is 0 Å². The van der Waals surface area contributed by atoms with E-state index in [0.717, 1.165) is 11.1 Å². The van der Waals surface area contributed by atoms with Gasteiger partial charge in [0.1, 0.15) is 5.54 Å². The van der Waals surface area contributed by atoms with Gasteiger partial charge in [0.15, 0.2) is 0 Å². The number of hydrogen-bond donors (Lipinski definition) is 4. The fourth-order valence-corrected chi connectivity index (χ4v) is 2.84. The van der Waals surface area contributed by atoms with Crippen LogP contribution in [-0.2, 0) is 17.6 Å². The molecule has 5 amide bonds. The summed E-state index contributed by atoms with van der Waals surface area (Å²) in [7, 11) is 0. The maximum absolute atomic E-state index is 11.9. The number of imide groups is 1. The topological polar surface area (TPSA) is 113 Å². The number of nitrogens with two attached hydrogens (primary N) is 1. The minimum Gasteiger partial charge on any atom is -0.351 e. The summed E-state index contributed by atoms with van der Waals surface area (Å²) in [5.41, 5.74) is 6.92. The molecule has 7 heteroatoms. The number of carbonyl (C=O) groups excluding carboxylic acids is 3. The zero-order valence-electron chi connectivity index (χ0n) is 10.7. The van der Waals surface area contributed by atoms with Gasteiger partial charge in [-0.05, 0) is 36.1 Å². The third kappa shape index (κ3) is 1.97. The molecule has 7 nitrogen and oxygen atoms in total. The van der Waals surface area contributed by atoms with Crippen LogP contribution in [0.25, 0.3) is 0 Å². The summed E-state index contributed by atoms with van der Waals surface area (Å²) < 4.78 is 0. The van der Waals surface area contributed by atoms with Gasteiger partial charge < -0.3 is 16.4 Å². The number of anilines is 1. The first-order valence-electron chi connectivity index (χ1n) is 6.30. The van der Waals surface area contributed by atoms with Crippen molar-refractivity contribution in [3.63, 3.8) is 0 Å². The third-order valence-corrected chi connectivity index (χ3v) is 3.80. The molecule has 0 saturated carbocycles. The number of aryl methyl sites for hydroxylation is 1. The van der Waals surface area contributed by atoms with Crippen molar-refractivity contribution in [2.24, 2.45) is 5.73 Å². The first-order valence-corrected chi connectivity index (χ1v) is 6.30. The van der Waals surface area contributed by atoms with Gasteiger partial charge in [-0.3, -0.25) is 10.1 Å². The Hall–Kier alpha value is -2.57. The Morgan fingerprint density at radius 1 is 1.30 bits per heavy atom. The summed E-state index contributed by atoms with van der Waals surface area (Å²) in [6.45, 7) is 0. The lowest BCUT2D eigenvalue weighted by molar-refractivity contribution is -0.124. The summed E-state index contributed by atoms with van der Waals surface area (Å²) in [5, 5.41) is 7.52. The highest BCUT2D eigenvalue weighted by Crippen LogP contribution is 2.32. The van der Waals surface area contributed by atoms with Crippen LogP contribution < -0.4 is 21.7 Å². The molecule has 1 fully saturated rings. The summed E-state index contributed by atoms with van der Waals surface area (Å²) in [6.07, 6.45) is 1.64. The monoisotopic (exact) mass is 274 g/mol. The summed E-state index contributed by atoms with van der Waals surface area (Å²) in [4.78, 5) is 34.1. The van der Waals surface area contributed by atoms with Gasteiger partial charge >= 0.3 is 12.1 Å². The summed E-state index contributed by atoms with van der Waals surface area (Å²) in [6, 6.07) is 4.38. The maximum Gasteiger partial charge on any atom is 0.322 e. The second-order valence-electron chi connectivity index (χ2n) is 5.14. The van der Waals surface area contributed by atoms with E-state index < -0.39 is 17.6 Å². The SMILES string of the molecule is NC(=O)Nc1ccc2c(c1)CCC1(C2)NC(=O)NC1=O. The number of fused-ring (bicyclic) bond motifs is 1. The Labute approximate surface area is 114 Å². The molecule has 1 aliphatic heterocycles. The van der Waals surface area contributed by atoms with Crippen molar-refractivity contribution >= 4 is 23.7 Å². The fraction of sp³-hybridized carbons (Fsp3) is 0.308. The van der Waals surface area contributed by atoms with Crippen LogP contribution >= 0.6 is 0 Å². The molecule has 0 radical (unpaired) electrons. The first-order chi connectivity index (χ1) is 9.48. The Bertz CT molecular complexity index is 628. The van der Waals surface area contributed by atoms with E-state index in [1.54, 1.807) is 6.07 Å². The molecule has 1 atom stereocenters. The molecule has 20 heavy (non-hydrogen) atoms. The van der Waals surface area contributed by atoms with Gasteiger partial charge in [0, 0.05) is 12.1 Å². The lowest BCUT2D eigenvalue weighted by atomic mass is 9.78. The average molecular weight is 274 g/mol. The van der Waals surface area contributed by atoms with E-state index in [2.05, 4.69) is 16.0 Å². The Morgan fingerprint density at radius 3 is 2.75 bits per heavy atom. The molecule has 1 heterocycles. The van der Waals surface area contributed by atoms with Gasteiger partial charge in [-0.25, -0.2) is 9.59 Å². The van der Waals surface area contributed by atoms with Crippen LogP contribution in [0.3, 0.4) is 0 Å². The van der Waals surface area contributed by atoms with Gasteiger partial charge in [-0.15, -0.1) is 0 Å². The number of nitrogens with one attached hydrogen (secondary N) is 3. The second kappa shape index (κ2) is 4.22. The molecular weight excluding hydrogens is 260 g/mol. The second-order valence-corrected chi connectivity index (χ2v) is 5.14. The molecule has 0 bridgehead atoms. The minimum absolute atomic E-state index is 0.271. The third-order valence-electron chi connectivity index (χ3n) is 3.80. The molecule has 1 saturated heterocycles. The van der Waals surface area contributed by atoms with Crippen molar-refractivity contribution in [2.45, 2.75) is 24.8 Å². The van der Waals surface area contributed by atoms with E-state index in [0.29, 0.717) is 24.9 Å². The fourth-order valence-electron chi connectivity index (χ4n) is 2.84. The lowest BCUT2D eigenvalue weighted by Gasteiger charge is -2.32. The summed E-state index contributed by atoms with van der Waals surface area (Å²) in [5.74, 6) is -0.271. The lowest BCUT2D eigenvalue weighted by Crippen LogP contribution is -2.51. The number of urea groups is 2. The molecule has 104 valence electrons. The van der Waals surface area contributed by atoms with Crippen LogP contribution in [0, 0.1) is 0 Å². The van der Waals surface area contributed by atoms with Gasteiger partial charge in [-0.1, -0.05) is 6.07 Å². The minimum atomic E-state index is -0.831. The molecule has 1 spiro atoms. The smallest absolute Gasteiger partial charge is 0.322 e. The van der Waals surface area contributed by atoms with E-state index in [9.17, 15) is 14.4 Å². The normalized spacial score (nSPS) is 24.0. The molecular formula is C13H14N4O3. The van der Waals surface area contributed by atoms with Gasteiger partial charge in [0.2, 0.25) is 0 Å². The standard InChI is InChI=1S/C13H14N4O3/c14-11(19)15-9-2-1-8-6-13(4-3-7(8)5-9)10(18)16-12(20)17-13/h1-2,5H,3-4,6H2,(H3,14,15,19)(H2,16,17,18,20). The molecule has 0 aromatic heterocycles. The zero-order valence-corrected chi connectivity index (χ0v) is 10.7. The Balaban J connectivity index is 1.88. The van der Waals surface area contributed by atoms with Crippen LogP contribution in [-0.4, -0.2) is 23.5 Å². The van der Waals surface area contributed by atoms with Crippen LogP contribution in [0.4, 0.5) is 15.3 Å². The molecule has 1 aliphatic carbocycles. The van der Waals surface area contributed by atoms with Gasteiger partial charge in [0.05, 0.1) is 0 Å². The Kier molecular flexibility index (Phi) is 2.63. The molecule has 1 aromatic carbocycles. The molecule has 2 aliphatic rings. The average Bonchev–Trinajstić information content (AvgIpc) is 2.63. The number of carbonyl (C=O) groups is 3. The predicted octanol–water partition coefficient (Wildman–Crippen LogP) is 0.244. The van der Waals surface area contributed by atoms with Crippen molar-refractivity contribution in [1.29, 1.82) is 0 Å². The number of benzene rings is 1. The van der Waals surface area contributed by atoms with Crippen molar-refractivity contribution in [2.75, 3.05) is 5.32 Å². The molecule has 3 rings (SSSR count). The van der Waals surface area contributed by atoms with E-state index in [1.165, 1.54) is 0 Å². The first kappa shape index (κ1) is 12.5. The predicted molar refractivity (Wildman–Crippen MR) is 71.1 cm³/mol. The Morgan fingerprint density at radius 2 is 2.10 bits per heavy atom. The van der Waals surface area contributed by atoms with Crippen molar-refractivity contribution in [3.05, 3.63) is 29.3 Å². The van der Waals surface area contributed by atoms with Gasteiger partial charge in [-0.2, -0.15) is 0 Å². The number of rotatable bonds is 1. The maximum atomic E-state index is 11.9. The van der Waals surface area contributed by atoms with Crippen molar-refractivity contribution < 1.29 is 14.4 Å². The van der Waals surface area contributed by atoms with Crippen LogP contribution in [0.15, 0.2) is 18.2 Å². The highest BCUT2D eigenvalue weighted by molar-refractivity contribution is 6.07. The molecule has 1 unspecified atom stereocenters. The van der Waals surface area contributed by atoms with Gasteiger partial charge in [0.25, 0.3) is 5.91 Å². The van der Waals surface area contributed by atoms with E-state index >= 15 is 0 Å². The number of hydrogen-bond acceptors (Lipinski definition) is 3. The van der Waals surface area contributed by atoms with E-state index in [-0.39, 0.29) is 5.91 Å². The number of primary amides is 1. The summed E-state index contributed by atoms with van der Waals surface area (Å²) >= 11 is 0. The van der Waals surface area contributed by atoms with E-state index in [1.807, 2.05) is 12.1 Å². The largest absolute Gasteiger partial charge is 0.351 e. The quantitative estimate of drug-likeness (QED) is 0.550. The van der Waals surface area contributed by atoms with E-state index in [4.69, 9.17) is 5.73 Å². The highest BCUT2D eigenvalue weighted by atomic mass is 16.2. The van der Waals surface area contributed by atoms with Crippen LogP contribution in [0.1, 0.15) is 17.5 Å². The zero-order chi connectivity index (χ0) is 14.3.